The second kappa shape index (κ2) is 7.29. The molecule has 6 heteroatoms. The van der Waals surface area contributed by atoms with Gasteiger partial charge in [-0.2, -0.15) is 0 Å². The van der Waals surface area contributed by atoms with Crippen molar-refractivity contribution in [2.24, 2.45) is 5.73 Å². The fourth-order valence-corrected chi connectivity index (χ4v) is 3.62. The SMILES string of the molecule is CC(C)(N)c1cn(C2CCN(Cc3cccc(-c4ccco4)c3)CC2)nn1. The zero-order chi connectivity index (χ0) is 18.9. The lowest BCUT2D eigenvalue weighted by molar-refractivity contribution is 0.172. The number of likely N-dealkylation sites (tertiary alicyclic amines) is 1. The van der Waals surface area contributed by atoms with Crippen LogP contribution in [0.1, 0.15) is 44.0 Å². The molecule has 1 fully saturated rings. The van der Waals surface area contributed by atoms with Crippen molar-refractivity contribution in [3.63, 3.8) is 0 Å². The van der Waals surface area contributed by atoms with Gasteiger partial charge in [0.25, 0.3) is 0 Å². The molecule has 0 amide bonds. The fraction of sp³-hybridized carbons (Fsp3) is 0.429. The monoisotopic (exact) mass is 365 g/mol. The highest BCUT2D eigenvalue weighted by molar-refractivity contribution is 5.58. The lowest BCUT2D eigenvalue weighted by Gasteiger charge is -2.31. The first-order valence-corrected chi connectivity index (χ1v) is 9.55. The summed E-state index contributed by atoms with van der Waals surface area (Å²) in [5.41, 5.74) is 8.97. The molecule has 0 saturated carbocycles. The average molecular weight is 365 g/mol. The van der Waals surface area contributed by atoms with Crippen LogP contribution >= 0.6 is 0 Å². The molecule has 0 aliphatic carbocycles. The highest BCUT2D eigenvalue weighted by Gasteiger charge is 2.24. The van der Waals surface area contributed by atoms with Crippen molar-refractivity contribution in [3.8, 4) is 11.3 Å². The van der Waals surface area contributed by atoms with Crippen LogP contribution in [-0.2, 0) is 12.1 Å². The molecule has 0 atom stereocenters. The summed E-state index contributed by atoms with van der Waals surface area (Å²) in [4.78, 5) is 2.50. The molecule has 27 heavy (non-hydrogen) atoms. The molecule has 4 rings (SSSR count). The molecule has 1 aliphatic rings. The van der Waals surface area contributed by atoms with Gasteiger partial charge in [-0.25, -0.2) is 4.68 Å². The van der Waals surface area contributed by atoms with Crippen molar-refractivity contribution < 1.29 is 4.42 Å². The van der Waals surface area contributed by atoms with Crippen molar-refractivity contribution >= 4 is 0 Å². The summed E-state index contributed by atoms with van der Waals surface area (Å²) in [5.74, 6) is 0.917. The molecule has 2 N–H and O–H groups in total. The Hall–Kier alpha value is -2.44. The van der Waals surface area contributed by atoms with Crippen LogP contribution in [0.2, 0.25) is 0 Å². The smallest absolute Gasteiger partial charge is 0.133 e. The van der Waals surface area contributed by atoms with E-state index in [1.54, 1.807) is 6.26 Å². The van der Waals surface area contributed by atoms with Gasteiger partial charge in [0.15, 0.2) is 0 Å². The summed E-state index contributed by atoms with van der Waals surface area (Å²) in [5, 5.41) is 8.56. The predicted molar refractivity (Wildman–Crippen MR) is 105 cm³/mol. The second-order valence-electron chi connectivity index (χ2n) is 7.99. The van der Waals surface area contributed by atoms with Crippen molar-refractivity contribution in [2.45, 2.75) is 44.8 Å². The predicted octanol–water partition coefficient (Wildman–Crippen LogP) is 3.57. The van der Waals surface area contributed by atoms with Gasteiger partial charge in [0, 0.05) is 25.2 Å². The minimum atomic E-state index is -0.446. The Morgan fingerprint density at radius 1 is 1.19 bits per heavy atom. The van der Waals surface area contributed by atoms with E-state index in [1.807, 2.05) is 36.9 Å². The molecule has 3 aromatic rings. The van der Waals surface area contributed by atoms with Crippen LogP contribution in [0.5, 0.6) is 0 Å². The first kappa shape index (κ1) is 17.9. The minimum absolute atomic E-state index is 0.402. The van der Waals surface area contributed by atoms with Crippen LogP contribution in [-0.4, -0.2) is 33.0 Å². The Morgan fingerprint density at radius 2 is 2.00 bits per heavy atom. The molecule has 1 saturated heterocycles. The number of aromatic nitrogens is 3. The second-order valence-corrected chi connectivity index (χ2v) is 7.99. The lowest BCUT2D eigenvalue weighted by atomic mass is 10.0. The normalized spacial score (nSPS) is 16.7. The third-order valence-corrected chi connectivity index (χ3v) is 5.24. The molecular weight excluding hydrogens is 338 g/mol. The topological polar surface area (TPSA) is 73.1 Å². The lowest BCUT2D eigenvalue weighted by Crippen LogP contribution is -2.34. The van der Waals surface area contributed by atoms with E-state index in [0.29, 0.717) is 6.04 Å². The van der Waals surface area contributed by atoms with Crippen LogP contribution < -0.4 is 5.73 Å². The van der Waals surface area contributed by atoms with E-state index in [0.717, 1.165) is 49.5 Å². The van der Waals surface area contributed by atoms with Crippen LogP contribution in [0.3, 0.4) is 0 Å². The van der Waals surface area contributed by atoms with Gasteiger partial charge in [0.1, 0.15) is 11.5 Å². The van der Waals surface area contributed by atoms with E-state index in [4.69, 9.17) is 10.2 Å². The van der Waals surface area contributed by atoms with Crippen LogP contribution in [0.4, 0.5) is 0 Å². The maximum Gasteiger partial charge on any atom is 0.133 e. The van der Waals surface area contributed by atoms with Gasteiger partial charge in [0.2, 0.25) is 0 Å². The molecule has 0 unspecified atom stereocenters. The molecule has 3 heterocycles. The summed E-state index contributed by atoms with van der Waals surface area (Å²) in [7, 11) is 0. The van der Waals surface area contributed by atoms with E-state index < -0.39 is 5.54 Å². The number of hydrogen-bond acceptors (Lipinski definition) is 5. The Bertz CT molecular complexity index is 870. The molecule has 1 aliphatic heterocycles. The molecule has 0 spiro atoms. The first-order valence-electron chi connectivity index (χ1n) is 9.55. The van der Waals surface area contributed by atoms with Gasteiger partial charge in [-0.05, 0) is 50.5 Å². The van der Waals surface area contributed by atoms with E-state index in [1.165, 1.54) is 5.56 Å². The molecule has 0 radical (unpaired) electrons. The van der Waals surface area contributed by atoms with Crippen molar-refractivity contribution in [1.29, 1.82) is 0 Å². The summed E-state index contributed by atoms with van der Waals surface area (Å²) < 4.78 is 7.51. The number of hydrogen-bond donors (Lipinski definition) is 1. The fourth-order valence-electron chi connectivity index (χ4n) is 3.62. The summed E-state index contributed by atoms with van der Waals surface area (Å²) in [6.07, 6.45) is 5.87. The highest BCUT2D eigenvalue weighted by atomic mass is 16.3. The molecule has 142 valence electrons. The van der Waals surface area contributed by atoms with Crippen LogP contribution in [0, 0.1) is 0 Å². The van der Waals surface area contributed by atoms with Gasteiger partial charge < -0.3 is 10.2 Å². The molecule has 2 aromatic heterocycles. The maximum atomic E-state index is 6.12. The third-order valence-electron chi connectivity index (χ3n) is 5.24. The Kier molecular flexibility index (Phi) is 4.85. The number of benzene rings is 1. The number of nitrogens with two attached hydrogens (primary N) is 1. The summed E-state index contributed by atoms with van der Waals surface area (Å²) in [6.45, 7) is 6.98. The van der Waals surface area contributed by atoms with Crippen molar-refractivity contribution in [1.82, 2.24) is 19.9 Å². The largest absolute Gasteiger partial charge is 0.464 e. The van der Waals surface area contributed by atoms with E-state index in [2.05, 4.69) is 39.5 Å². The minimum Gasteiger partial charge on any atom is -0.464 e. The Balaban J connectivity index is 1.36. The number of nitrogens with zero attached hydrogens (tertiary/aromatic N) is 4. The van der Waals surface area contributed by atoms with Gasteiger partial charge in [-0.15, -0.1) is 5.10 Å². The first-order chi connectivity index (χ1) is 13.0. The van der Waals surface area contributed by atoms with Gasteiger partial charge in [0.05, 0.1) is 24.0 Å². The Morgan fingerprint density at radius 3 is 2.67 bits per heavy atom. The zero-order valence-corrected chi connectivity index (χ0v) is 16.0. The number of piperidine rings is 1. The average Bonchev–Trinajstić information content (AvgIpc) is 3.34. The van der Waals surface area contributed by atoms with E-state index >= 15 is 0 Å². The van der Waals surface area contributed by atoms with Crippen molar-refractivity contribution in [3.05, 3.63) is 60.1 Å². The van der Waals surface area contributed by atoms with E-state index in [-0.39, 0.29) is 0 Å². The molecule has 0 bridgehead atoms. The molecule has 1 aromatic carbocycles. The standard InChI is InChI=1S/C21H27N5O/c1-21(2,22)20-15-26(24-23-20)18-8-10-25(11-9-18)14-16-5-3-6-17(13-16)19-7-4-12-27-19/h3-7,12-13,15,18H,8-11,14,22H2,1-2H3. The number of rotatable bonds is 5. The quantitative estimate of drug-likeness (QED) is 0.748. The zero-order valence-electron chi connectivity index (χ0n) is 16.0. The third kappa shape index (κ3) is 4.12. The summed E-state index contributed by atoms with van der Waals surface area (Å²) in [6, 6.07) is 12.9. The Labute approximate surface area is 160 Å². The van der Waals surface area contributed by atoms with Crippen molar-refractivity contribution in [2.75, 3.05) is 13.1 Å². The molecule has 6 nitrogen and oxygen atoms in total. The number of furan rings is 1. The maximum absolute atomic E-state index is 6.12. The van der Waals surface area contributed by atoms with Gasteiger partial charge in [-0.3, -0.25) is 4.90 Å². The summed E-state index contributed by atoms with van der Waals surface area (Å²) >= 11 is 0. The van der Waals surface area contributed by atoms with Gasteiger partial charge in [-0.1, -0.05) is 23.4 Å². The van der Waals surface area contributed by atoms with Gasteiger partial charge >= 0.3 is 0 Å². The molecular formula is C21H27N5O. The highest BCUT2D eigenvalue weighted by Crippen LogP contribution is 2.26. The van der Waals surface area contributed by atoms with Crippen LogP contribution in [0.25, 0.3) is 11.3 Å². The van der Waals surface area contributed by atoms with E-state index in [9.17, 15) is 0 Å². The van der Waals surface area contributed by atoms with Crippen LogP contribution in [0.15, 0.2) is 53.3 Å².